The molecular weight excluding hydrogens is 238 g/mol. The van der Waals surface area contributed by atoms with E-state index in [0.717, 1.165) is 10.2 Å². The van der Waals surface area contributed by atoms with Crippen LogP contribution in [0.15, 0.2) is 16.6 Å². The summed E-state index contributed by atoms with van der Waals surface area (Å²) in [6.45, 7) is 5.22. The molecule has 1 aliphatic rings. The Morgan fingerprint density at radius 1 is 1.62 bits per heavy atom. The minimum atomic E-state index is 0.580. The van der Waals surface area contributed by atoms with Crippen molar-refractivity contribution >= 4 is 28.3 Å². The fourth-order valence-corrected chi connectivity index (χ4v) is 3.11. The number of hydrogen-bond donors (Lipinski definition) is 1. The van der Waals surface area contributed by atoms with Gasteiger partial charge in [0.1, 0.15) is 5.01 Å². The quantitative estimate of drug-likeness (QED) is 0.902. The number of hydrogen-bond acceptors (Lipinski definition) is 4. The summed E-state index contributed by atoms with van der Waals surface area (Å²) < 4.78 is 0. The van der Waals surface area contributed by atoms with Crippen LogP contribution in [0, 0.1) is 5.92 Å². The fraction of sp³-hybridized carbons (Fsp3) is 0.636. The molecule has 5 heteroatoms. The Labute approximate surface area is 105 Å². The first kappa shape index (κ1) is 11.9. The average molecular weight is 255 g/mol. The van der Waals surface area contributed by atoms with Crippen LogP contribution in [0.5, 0.6) is 0 Å². The SMILES string of the molecule is CC(C)C1CCSC(=NCc2nccs2)N1. The molecule has 0 spiro atoms. The van der Waals surface area contributed by atoms with Crippen LogP contribution in [-0.2, 0) is 6.54 Å². The molecule has 1 aromatic rings. The predicted molar refractivity (Wildman–Crippen MR) is 72.1 cm³/mol. The summed E-state index contributed by atoms with van der Waals surface area (Å²) in [4.78, 5) is 8.80. The monoisotopic (exact) mass is 255 g/mol. The van der Waals surface area contributed by atoms with E-state index in [1.54, 1.807) is 11.3 Å². The highest BCUT2D eigenvalue weighted by Crippen LogP contribution is 2.19. The topological polar surface area (TPSA) is 37.3 Å². The average Bonchev–Trinajstić information content (AvgIpc) is 2.79. The Kier molecular flexibility index (Phi) is 4.23. The minimum Gasteiger partial charge on any atom is -0.362 e. The lowest BCUT2D eigenvalue weighted by atomic mass is 10.0. The number of amidine groups is 1. The molecule has 2 rings (SSSR count). The standard InChI is InChI=1S/C11H17N3S2/c1-8(2)9-3-5-16-11(14-9)13-7-10-12-4-6-15-10/h4,6,8-9H,3,5,7H2,1-2H3,(H,13,14). The van der Waals surface area contributed by atoms with Gasteiger partial charge >= 0.3 is 0 Å². The summed E-state index contributed by atoms with van der Waals surface area (Å²) in [5.74, 6) is 1.85. The third-order valence-corrected chi connectivity index (χ3v) is 4.35. The second-order valence-electron chi connectivity index (χ2n) is 4.18. The molecule has 0 saturated carbocycles. The molecule has 1 aliphatic heterocycles. The zero-order valence-electron chi connectivity index (χ0n) is 9.64. The van der Waals surface area contributed by atoms with Gasteiger partial charge in [-0.25, -0.2) is 4.98 Å². The summed E-state index contributed by atoms with van der Waals surface area (Å²) >= 11 is 3.49. The zero-order chi connectivity index (χ0) is 11.4. The summed E-state index contributed by atoms with van der Waals surface area (Å²) in [5, 5.41) is 7.67. The van der Waals surface area contributed by atoms with E-state index >= 15 is 0 Å². The van der Waals surface area contributed by atoms with Gasteiger partial charge in [-0.2, -0.15) is 0 Å². The maximum Gasteiger partial charge on any atom is 0.157 e. The molecule has 1 aromatic heterocycles. The molecule has 1 saturated heterocycles. The maximum absolute atomic E-state index is 4.57. The van der Waals surface area contributed by atoms with E-state index < -0.39 is 0 Å². The molecule has 3 nitrogen and oxygen atoms in total. The van der Waals surface area contributed by atoms with E-state index in [1.807, 2.05) is 23.3 Å². The lowest BCUT2D eigenvalue weighted by Crippen LogP contribution is -2.41. The fourth-order valence-electron chi connectivity index (χ4n) is 1.62. The summed E-state index contributed by atoms with van der Waals surface area (Å²) in [6.07, 6.45) is 3.07. The van der Waals surface area contributed by atoms with Gasteiger partial charge in [-0.1, -0.05) is 25.6 Å². The van der Waals surface area contributed by atoms with Gasteiger partial charge < -0.3 is 5.32 Å². The molecule has 0 amide bonds. The van der Waals surface area contributed by atoms with Gasteiger partial charge in [0, 0.05) is 23.4 Å². The number of nitrogens with zero attached hydrogens (tertiary/aromatic N) is 2. The number of aromatic nitrogens is 1. The first-order valence-corrected chi connectivity index (χ1v) is 7.44. The third-order valence-electron chi connectivity index (χ3n) is 2.62. The molecule has 1 N–H and O–H groups in total. The molecule has 1 unspecified atom stereocenters. The second-order valence-corrected chi connectivity index (χ2v) is 6.24. The first-order chi connectivity index (χ1) is 7.75. The van der Waals surface area contributed by atoms with Gasteiger partial charge in [-0.3, -0.25) is 4.99 Å². The lowest BCUT2D eigenvalue weighted by molar-refractivity contribution is 0.442. The van der Waals surface area contributed by atoms with Crippen LogP contribution in [0.4, 0.5) is 0 Å². The van der Waals surface area contributed by atoms with Crippen molar-refractivity contribution in [2.45, 2.75) is 32.9 Å². The Morgan fingerprint density at radius 3 is 3.19 bits per heavy atom. The number of thioether (sulfide) groups is 1. The first-order valence-electron chi connectivity index (χ1n) is 5.58. The van der Waals surface area contributed by atoms with Crippen molar-refractivity contribution in [1.82, 2.24) is 10.3 Å². The molecule has 0 bridgehead atoms. The molecule has 0 aliphatic carbocycles. The number of rotatable bonds is 3. The summed E-state index contributed by atoms with van der Waals surface area (Å²) in [6, 6.07) is 0.580. The van der Waals surface area contributed by atoms with Crippen molar-refractivity contribution in [3.8, 4) is 0 Å². The Balaban J connectivity index is 1.91. The Morgan fingerprint density at radius 2 is 2.50 bits per heavy atom. The van der Waals surface area contributed by atoms with Crippen LogP contribution in [0.1, 0.15) is 25.3 Å². The maximum atomic E-state index is 4.57. The Bertz CT molecular complexity index is 346. The van der Waals surface area contributed by atoms with Crippen molar-refractivity contribution in [2.24, 2.45) is 10.9 Å². The molecule has 0 aromatic carbocycles. The molecule has 1 atom stereocenters. The van der Waals surface area contributed by atoms with Crippen LogP contribution in [0.25, 0.3) is 0 Å². The molecular formula is C11H17N3S2. The highest BCUT2D eigenvalue weighted by atomic mass is 32.2. The third kappa shape index (κ3) is 3.22. The van der Waals surface area contributed by atoms with E-state index in [0.29, 0.717) is 18.5 Å². The van der Waals surface area contributed by atoms with E-state index in [9.17, 15) is 0 Å². The molecule has 1 fully saturated rings. The number of thiazole rings is 1. The van der Waals surface area contributed by atoms with Crippen molar-refractivity contribution in [2.75, 3.05) is 5.75 Å². The van der Waals surface area contributed by atoms with E-state index in [-0.39, 0.29) is 0 Å². The van der Waals surface area contributed by atoms with Crippen LogP contribution in [0.3, 0.4) is 0 Å². The Hall–Kier alpha value is -0.550. The van der Waals surface area contributed by atoms with E-state index in [4.69, 9.17) is 0 Å². The summed E-state index contributed by atoms with van der Waals surface area (Å²) in [5.41, 5.74) is 0. The second kappa shape index (κ2) is 5.68. The largest absolute Gasteiger partial charge is 0.362 e. The van der Waals surface area contributed by atoms with E-state index in [2.05, 4.69) is 29.1 Å². The highest BCUT2D eigenvalue weighted by Gasteiger charge is 2.19. The molecule has 88 valence electrons. The van der Waals surface area contributed by atoms with Crippen LogP contribution in [0.2, 0.25) is 0 Å². The van der Waals surface area contributed by atoms with Crippen LogP contribution in [-0.4, -0.2) is 21.9 Å². The van der Waals surface area contributed by atoms with Crippen molar-refractivity contribution in [3.63, 3.8) is 0 Å². The van der Waals surface area contributed by atoms with Crippen molar-refractivity contribution in [3.05, 3.63) is 16.6 Å². The van der Waals surface area contributed by atoms with Gasteiger partial charge in [0.2, 0.25) is 0 Å². The van der Waals surface area contributed by atoms with Gasteiger partial charge in [0.25, 0.3) is 0 Å². The molecule has 0 radical (unpaired) electrons. The normalized spacial score (nSPS) is 23.7. The van der Waals surface area contributed by atoms with Gasteiger partial charge in [0.05, 0.1) is 6.54 Å². The van der Waals surface area contributed by atoms with Crippen LogP contribution < -0.4 is 5.32 Å². The van der Waals surface area contributed by atoms with Gasteiger partial charge in [-0.05, 0) is 12.3 Å². The molecule has 2 heterocycles. The van der Waals surface area contributed by atoms with Gasteiger partial charge in [-0.15, -0.1) is 11.3 Å². The summed E-state index contributed by atoms with van der Waals surface area (Å²) in [7, 11) is 0. The molecule has 16 heavy (non-hydrogen) atoms. The minimum absolute atomic E-state index is 0.580. The van der Waals surface area contributed by atoms with Crippen molar-refractivity contribution in [1.29, 1.82) is 0 Å². The van der Waals surface area contributed by atoms with E-state index in [1.165, 1.54) is 12.2 Å². The number of nitrogens with one attached hydrogen (secondary N) is 1. The smallest absolute Gasteiger partial charge is 0.157 e. The zero-order valence-corrected chi connectivity index (χ0v) is 11.3. The van der Waals surface area contributed by atoms with Gasteiger partial charge in [0.15, 0.2) is 5.17 Å². The van der Waals surface area contributed by atoms with Crippen molar-refractivity contribution < 1.29 is 0 Å². The lowest BCUT2D eigenvalue weighted by Gasteiger charge is -2.28. The van der Waals surface area contributed by atoms with Crippen LogP contribution >= 0.6 is 23.1 Å². The highest BCUT2D eigenvalue weighted by molar-refractivity contribution is 8.13. The number of aliphatic imine (C=N–C) groups is 1. The predicted octanol–water partition coefficient (Wildman–Crippen LogP) is 2.75.